The van der Waals surface area contributed by atoms with Crippen molar-refractivity contribution in [1.82, 2.24) is 9.38 Å². The van der Waals surface area contributed by atoms with Gasteiger partial charge in [0.2, 0.25) is 0 Å². The van der Waals surface area contributed by atoms with Gasteiger partial charge >= 0.3 is 0 Å². The number of hydrogen-bond donors (Lipinski definition) is 1. The van der Waals surface area contributed by atoms with Crippen LogP contribution in [-0.4, -0.2) is 21.1 Å². The highest BCUT2D eigenvalue weighted by Gasteiger charge is 2.05. The van der Waals surface area contributed by atoms with Crippen molar-refractivity contribution in [2.75, 3.05) is 6.61 Å². The third-order valence-corrected chi connectivity index (χ3v) is 2.62. The van der Waals surface area contributed by atoms with Crippen LogP contribution < -0.4 is 0 Å². The Morgan fingerprint density at radius 1 is 1.69 bits per heavy atom. The summed E-state index contributed by atoms with van der Waals surface area (Å²) < 4.78 is 2.02. The zero-order valence-electron chi connectivity index (χ0n) is 7.27. The number of fused-ring (bicyclic) bond motifs is 1. The van der Waals surface area contributed by atoms with Crippen molar-refractivity contribution in [2.45, 2.75) is 6.92 Å². The van der Waals surface area contributed by atoms with E-state index < -0.39 is 0 Å². The molecule has 0 amide bonds. The molecule has 0 spiro atoms. The zero-order valence-corrected chi connectivity index (χ0v) is 8.08. The molecule has 2 aromatic rings. The molecule has 4 heteroatoms. The summed E-state index contributed by atoms with van der Waals surface area (Å²) in [6.07, 6.45) is 5.59. The minimum atomic E-state index is 0.0663. The predicted octanol–water partition coefficient (Wildman–Crippen LogP) is 1.71. The summed E-state index contributed by atoms with van der Waals surface area (Å²) in [6.45, 7) is 2.04. The molecule has 2 aromatic heterocycles. The van der Waals surface area contributed by atoms with Gasteiger partial charge in [-0.2, -0.15) is 0 Å². The summed E-state index contributed by atoms with van der Waals surface area (Å²) in [5, 5.41) is 10.7. The standard InChI is InChI=1S/C9H10N2OS/c1-7-8(3-2-5-12)11-4-6-13-9(11)10-7/h2-4,6,12H,5H2,1H3/b3-2+. The van der Waals surface area contributed by atoms with Crippen molar-refractivity contribution in [3.63, 3.8) is 0 Å². The van der Waals surface area contributed by atoms with Crippen LogP contribution in [0.25, 0.3) is 11.0 Å². The number of aromatic nitrogens is 2. The topological polar surface area (TPSA) is 37.5 Å². The molecule has 0 aliphatic heterocycles. The average molecular weight is 194 g/mol. The summed E-state index contributed by atoms with van der Waals surface area (Å²) in [5.41, 5.74) is 2.04. The second-order valence-corrected chi connectivity index (χ2v) is 3.60. The maximum atomic E-state index is 8.66. The Labute approximate surface area is 80.0 Å². The Bertz CT molecular complexity index is 441. The molecule has 3 nitrogen and oxygen atoms in total. The predicted molar refractivity (Wildman–Crippen MR) is 53.9 cm³/mol. The molecule has 0 aliphatic rings. The monoisotopic (exact) mass is 194 g/mol. The highest BCUT2D eigenvalue weighted by Crippen LogP contribution is 2.17. The second kappa shape index (κ2) is 3.32. The van der Waals surface area contributed by atoms with Gasteiger partial charge in [0.1, 0.15) is 0 Å². The van der Waals surface area contributed by atoms with Gasteiger partial charge in [-0.05, 0) is 13.0 Å². The molecule has 2 heterocycles. The molecule has 2 rings (SSSR count). The van der Waals surface area contributed by atoms with E-state index in [9.17, 15) is 0 Å². The molecule has 0 radical (unpaired) electrons. The Kier molecular flexibility index (Phi) is 2.16. The molecule has 0 saturated carbocycles. The van der Waals surface area contributed by atoms with E-state index in [1.807, 2.05) is 29.0 Å². The lowest BCUT2D eigenvalue weighted by molar-refractivity contribution is 0.343. The molecule has 0 unspecified atom stereocenters. The number of aliphatic hydroxyl groups excluding tert-OH is 1. The smallest absolute Gasteiger partial charge is 0.194 e. The number of thiazole rings is 1. The quantitative estimate of drug-likeness (QED) is 0.790. The van der Waals surface area contributed by atoms with Crippen LogP contribution in [0.4, 0.5) is 0 Å². The SMILES string of the molecule is Cc1nc2sccn2c1/C=C/CO. The van der Waals surface area contributed by atoms with E-state index in [0.29, 0.717) is 0 Å². The van der Waals surface area contributed by atoms with Crippen molar-refractivity contribution in [3.8, 4) is 0 Å². The van der Waals surface area contributed by atoms with Crippen LogP contribution in [0.2, 0.25) is 0 Å². The molecule has 0 atom stereocenters. The minimum Gasteiger partial charge on any atom is -0.392 e. The number of nitrogens with zero attached hydrogens (tertiary/aromatic N) is 2. The van der Waals surface area contributed by atoms with Crippen molar-refractivity contribution >= 4 is 22.4 Å². The maximum Gasteiger partial charge on any atom is 0.194 e. The number of rotatable bonds is 2. The molecular weight excluding hydrogens is 184 g/mol. The van der Waals surface area contributed by atoms with Gasteiger partial charge < -0.3 is 5.11 Å². The van der Waals surface area contributed by atoms with Gasteiger partial charge in [-0.15, -0.1) is 11.3 Å². The maximum absolute atomic E-state index is 8.66. The molecule has 0 fully saturated rings. The second-order valence-electron chi connectivity index (χ2n) is 2.72. The van der Waals surface area contributed by atoms with Crippen LogP contribution in [0.1, 0.15) is 11.4 Å². The van der Waals surface area contributed by atoms with Gasteiger partial charge in [0.05, 0.1) is 18.0 Å². The lowest BCUT2D eigenvalue weighted by atomic mass is 10.3. The molecule has 13 heavy (non-hydrogen) atoms. The lowest BCUT2D eigenvalue weighted by Crippen LogP contribution is -1.83. The fourth-order valence-electron chi connectivity index (χ4n) is 1.28. The van der Waals surface area contributed by atoms with Crippen molar-refractivity contribution in [2.24, 2.45) is 0 Å². The molecule has 0 bridgehead atoms. The van der Waals surface area contributed by atoms with E-state index in [1.165, 1.54) is 0 Å². The van der Waals surface area contributed by atoms with E-state index in [1.54, 1.807) is 17.4 Å². The Balaban J connectivity index is 2.57. The number of hydrogen-bond acceptors (Lipinski definition) is 3. The van der Waals surface area contributed by atoms with Crippen LogP contribution in [0.5, 0.6) is 0 Å². The summed E-state index contributed by atoms with van der Waals surface area (Å²) in [7, 11) is 0. The average Bonchev–Trinajstić information content (AvgIpc) is 2.62. The molecule has 0 aromatic carbocycles. The summed E-state index contributed by atoms with van der Waals surface area (Å²) in [4.78, 5) is 5.37. The van der Waals surface area contributed by atoms with E-state index in [4.69, 9.17) is 5.11 Å². The van der Waals surface area contributed by atoms with Gasteiger partial charge in [-0.3, -0.25) is 4.40 Å². The van der Waals surface area contributed by atoms with Crippen molar-refractivity contribution in [3.05, 3.63) is 29.0 Å². The van der Waals surface area contributed by atoms with E-state index in [2.05, 4.69) is 4.98 Å². The first kappa shape index (κ1) is 8.47. The van der Waals surface area contributed by atoms with Crippen LogP contribution in [0, 0.1) is 6.92 Å². The minimum absolute atomic E-state index is 0.0663. The molecule has 0 aliphatic carbocycles. The van der Waals surface area contributed by atoms with Crippen LogP contribution in [0.15, 0.2) is 17.7 Å². The van der Waals surface area contributed by atoms with Crippen LogP contribution in [0.3, 0.4) is 0 Å². The lowest BCUT2D eigenvalue weighted by Gasteiger charge is -1.90. The number of imidazole rings is 1. The van der Waals surface area contributed by atoms with Gasteiger partial charge in [-0.1, -0.05) is 6.08 Å². The summed E-state index contributed by atoms with van der Waals surface area (Å²) >= 11 is 1.61. The first-order valence-corrected chi connectivity index (χ1v) is 4.90. The van der Waals surface area contributed by atoms with Gasteiger partial charge in [0.15, 0.2) is 4.96 Å². The molecule has 68 valence electrons. The van der Waals surface area contributed by atoms with Crippen molar-refractivity contribution < 1.29 is 5.11 Å². The fourth-order valence-corrected chi connectivity index (χ4v) is 2.04. The highest BCUT2D eigenvalue weighted by molar-refractivity contribution is 7.15. The zero-order chi connectivity index (χ0) is 9.26. The Hall–Kier alpha value is -1.13. The summed E-state index contributed by atoms with van der Waals surface area (Å²) in [6, 6.07) is 0. The van der Waals surface area contributed by atoms with Crippen molar-refractivity contribution in [1.29, 1.82) is 0 Å². The van der Waals surface area contributed by atoms with Gasteiger partial charge in [-0.25, -0.2) is 4.98 Å². The van der Waals surface area contributed by atoms with E-state index >= 15 is 0 Å². The molecular formula is C9H10N2OS. The van der Waals surface area contributed by atoms with Crippen LogP contribution in [-0.2, 0) is 0 Å². The summed E-state index contributed by atoms with van der Waals surface area (Å²) in [5.74, 6) is 0. The third-order valence-electron chi connectivity index (χ3n) is 1.86. The van der Waals surface area contributed by atoms with Gasteiger partial charge in [0.25, 0.3) is 0 Å². The first-order valence-electron chi connectivity index (χ1n) is 4.02. The number of aryl methyl sites for hydroxylation is 1. The number of aliphatic hydroxyl groups is 1. The fraction of sp³-hybridized carbons (Fsp3) is 0.222. The Morgan fingerprint density at radius 2 is 2.54 bits per heavy atom. The van der Waals surface area contributed by atoms with E-state index in [-0.39, 0.29) is 6.61 Å². The van der Waals surface area contributed by atoms with Crippen LogP contribution >= 0.6 is 11.3 Å². The Morgan fingerprint density at radius 3 is 3.31 bits per heavy atom. The van der Waals surface area contributed by atoms with Gasteiger partial charge in [0, 0.05) is 11.6 Å². The first-order chi connectivity index (χ1) is 6.33. The normalized spacial score (nSPS) is 11.8. The van der Waals surface area contributed by atoms with E-state index in [0.717, 1.165) is 16.3 Å². The molecule has 0 saturated heterocycles. The molecule has 1 N–H and O–H groups in total. The largest absolute Gasteiger partial charge is 0.392 e. The highest BCUT2D eigenvalue weighted by atomic mass is 32.1. The third kappa shape index (κ3) is 1.38.